The summed E-state index contributed by atoms with van der Waals surface area (Å²) >= 11 is 0. The molecule has 1 aromatic carbocycles. The Morgan fingerprint density at radius 2 is 1.85 bits per heavy atom. The van der Waals surface area contributed by atoms with Crippen molar-refractivity contribution in [1.82, 2.24) is 0 Å². The number of Topliss-reactive ketones (excluding diaryl/α,β-unsaturated/α-hetero) is 1. The molecule has 0 heterocycles. The average molecular weight is 465 g/mol. The van der Waals surface area contributed by atoms with Crippen LogP contribution in [0, 0.1) is 29.1 Å². The second kappa shape index (κ2) is 8.94. The standard InChI is InChI=1S/C29H36O5/c1-17-11-13-21-22(28(21,4)5)15-18(2)27(32)29(33)16-19(3)26(24(29)25(17)31)34-23(30)14-12-20-9-7-6-8-10-20/h6-12,14-15,19,21-22,24-26,31,33H,13,16H2,1-5H3/b14-12+,17-11-,18-15+/t19-,21-,22+,24-,25-,26-,29+/m0/s1. The van der Waals surface area contributed by atoms with E-state index in [4.69, 9.17) is 4.74 Å². The van der Waals surface area contributed by atoms with Crippen LogP contribution in [0.2, 0.25) is 0 Å². The Morgan fingerprint density at radius 3 is 2.53 bits per heavy atom. The van der Waals surface area contributed by atoms with Crippen molar-refractivity contribution in [1.29, 1.82) is 0 Å². The first-order valence-electron chi connectivity index (χ1n) is 12.2. The molecule has 0 saturated heterocycles. The van der Waals surface area contributed by atoms with Crippen molar-refractivity contribution >= 4 is 17.8 Å². The third kappa shape index (κ3) is 4.32. The van der Waals surface area contributed by atoms with Crippen molar-refractivity contribution in [2.75, 3.05) is 0 Å². The van der Waals surface area contributed by atoms with Gasteiger partial charge in [0.05, 0.1) is 12.0 Å². The van der Waals surface area contributed by atoms with Crippen molar-refractivity contribution in [2.24, 2.45) is 29.1 Å². The van der Waals surface area contributed by atoms with Crippen LogP contribution in [0.1, 0.15) is 53.0 Å². The number of carbonyl (C=O) groups excluding carboxylic acids is 2. The highest BCUT2D eigenvalue weighted by Gasteiger charge is 2.61. The lowest BCUT2D eigenvalue weighted by molar-refractivity contribution is -0.157. The van der Waals surface area contributed by atoms with E-state index in [0.29, 0.717) is 17.1 Å². The third-order valence-electron chi connectivity index (χ3n) is 8.38. The summed E-state index contributed by atoms with van der Waals surface area (Å²) in [6.07, 6.45) is 6.07. The second-order valence-corrected chi connectivity index (χ2v) is 11.0. The highest BCUT2D eigenvalue weighted by Crippen LogP contribution is 2.61. The molecule has 1 aromatic rings. The topological polar surface area (TPSA) is 83.8 Å². The van der Waals surface area contributed by atoms with Gasteiger partial charge in [0.1, 0.15) is 11.7 Å². The maximum Gasteiger partial charge on any atom is 0.331 e. The minimum Gasteiger partial charge on any atom is -0.458 e. The molecule has 3 aliphatic rings. The molecule has 4 rings (SSSR count). The highest BCUT2D eigenvalue weighted by atomic mass is 16.5. The van der Waals surface area contributed by atoms with Gasteiger partial charge in [-0.2, -0.15) is 0 Å². The lowest BCUT2D eigenvalue weighted by Crippen LogP contribution is -2.51. The zero-order valence-electron chi connectivity index (χ0n) is 20.7. The molecule has 2 N–H and O–H groups in total. The molecule has 5 heteroatoms. The van der Waals surface area contributed by atoms with Crippen LogP contribution in [0.5, 0.6) is 0 Å². The molecule has 34 heavy (non-hydrogen) atoms. The number of hydrogen-bond acceptors (Lipinski definition) is 5. The van der Waals surface area contributed by atoms with Crippen LogP contribution in [0.15, 0.2) is 59.7 Å². The number of ether oxygens (including phenoxy) is 1. The molecule has 182 valence electrons. The first kappa shape index (κ1) is 24.6. The molecule has 3 aliphatic carbocycles. The van der Waals surface area contributed by atoms with Gasteiger partial charge in [0.25, 0.3) is 0 Å². The minimum atomic E-state index is -1.80. The summed E-state index contributed by atoms with van der Waals surface area (Å²) in [6.45, 7) is 9.81. The zero-order valence-corrected chi connectivity index (χ0v) is 20.7. The molecule has 0 unspecified atom stereocenters. The van der Waals surface area contributed by atoms with E-state index in [-0.39, 0.29) is 29.5 Å². The molecule has 0 aromatic heterocycles. The molecule has 0 radical (unpaired) electrons. The Morgan fingerprint density at radius 1 is 1.18 bits per heavy atom. The number of hydrogen-bond donors (Lipinski definition) is 2. The second-order valence-electron chi connectivity index (χ2n) is 11.0. The number of carbonyl (C=O) groups is 2. The average Bonchev–Trinajstić information content (AvgIpc) is 3.20. The fraction of sp³-hybridized carbons (Fsp3) is 0.517. The van der Waals surface area contributed by atoms with Crippen molar-refractivity contribution in [3.8, 4) is 0 Å². The Hall–Kier alpha value is -2.50. The van der Waals surface area contributed by atoms with E-state index in [9.17, 15) is 19.8 Å². The fourth-order valence-corrected chi connectivity index (χ4v) is 6.12. The van der Waals surface area contributed by atoms with Gasteiger partial charge in [-0.05, 0) is 72.6 Å². The summed E-state index contributed by atoms with van der Waals surface area (Å²) in [4.78, 5) is 26.3. The van der Waals surface area contributed by atoms with Gasteiger partial charge in [-0.15, -0.1) is 0 Å². The Bertz CT molecular complexity index is 1050. The number of benzene rings is 1. The van der Waals surface area contributed by atoms with E-state index < -0.39 is 29.7 Å². The molecule has 0 amide bonds. The SMILES string of the molecule is C/C1=C/C[C@H]2[C@@H](/C=C(\C)C(=O)[C@@]3(O)C[C@H](C)[C@H](OC(=O)/C=C/c4ccccc4)[C@@H]3[C@H]1O)C2(C)C. The van der Waals surface area contributed by atoms with Crippen LogP contribution in [0.4, 0.5) is 0 Å². The largest absolute Gasteiger partial charge is 0.458 e. The quantitative estimate of drug-likeness (QED) is 0.391. The van der Waals surface area contributed by atoms with Crippen LogP contribution < -0.4 is 0 Å². The van der Waals surface area contributed by atoms with Gasteiger partial charge in [0.15, 0.2) is 5.78 Å². The van der Waals surface area contributed by atoms with Crippen molar-refractivity contribution in [3.63, 3.8) is 0 Å². The lowest BCUT2D eigenvalue weighted by Gasteiger charge is -2.35. The Balaban J connectivity index is 1.65. The Kier molecular flexibility index (Phi) is 6.47. The van der Waals surface area contributed by atoms with Crippen LogP contribution in [-0.2, 0) is 14.3 Å². The predicted octanol–water partition coefficient (Wildman–Crippen LogP) is 4.50. The van der Waals surface area contributed by atoms with Crippen LogP contribution in [-0.4, -0.2) is 39.8 Å². The molecule has 7 atom stereocenters. The van der Waals surface area contributed by atoms with Crippen LogP contribution in [0.3, 0.4) is 0 Å². The van der Waals surface area contributed by atoms with Gasteiger partial charge in [-0.1, -0.05) is 63.3 Å². The minimum absolute atomic E-state index is 0.0800. The van der Waals surface area contributed by atoms with Crippen LogP contribution >= 0.6 is 0 Å². The third-order valence-corrected chi connectivity index (χ3v) is 8.38. The first-order valence-corrected chi connectivity index (χ1v) is 12.2. The van der Waals surface area contributed by atoms with E-state index in [1.165, 1.54) is 6.08 Å². The summed E-state index contributed by atoms with van der Waals surface area (Å²) in [6, 6.07) is 9.41. The maximum absolute atomic E-state index is 13.6. The predicted molar refractivity (Wildman–Crippen MR) is 131 cm³/mol. The van der Waals surface area contributed by atoms with E-state index >= 15 is 0 Å². The van der Waals surface area contributed by atoms with Crippen molar-refractivity contribution in [2.45, 2.75) is 65.3 Å². The van der Waals surface area contributed by atoms with Gasteiger partial charge in [-0.25, -0.2) is 4.79 Å². The van der Waals surface area contributed by atoms with Gasteiger partial charge in [0, 0.05) is 6.08 Å². The molecule has 0 bridgehead atoms. The number of ketones is 1. The number of aliphatic hydroxyl groups excluding tert-OH is 1. The number of allylic oxidation sites excluding steroid dienone is 2. The van der Waals surface area contributed by atoms with Gasteiger partial charge in [0.2, 0.25) is 0 Å². The highest BCUT2D eigenvalue weighted by molar-refractivity contribution is 6.02. The summed E-state index contributed by atoms with van der Waals surface area (Å²) in [5.41, 5.74) is 0.356. The smallest absolute Gasteiger partial charge is 0.331 e. The number of aliphatic hydroxyl groups is 2. The van der Waals surface area contributed by atoms with Crippen molar-refractivity contribution in [3.05, 3.63) is 65.3 Å². The molecular weight excluding hydrogens is 428 g/mol. The fourth-order valence-electron chi connectivity index (χ4n) is 6.12. The molecule has 5 nitrogen and oxygen atoms in total. The monoisotopic (exact) mass is 464 g/mol. The van der Waals surface area contributed by atoms with E-state index in [2.05, 4.69) is 13.8 Å². The van der Waals surface area contributed by atoms with E-state index in [1.54, 1.807) is 13.0 Å². The normalized spacial score (nSPS) is 40.3. The molecule has 2 fully saturated rings. The van der Waals surface area contributed by atoms with Gasteiger partial charge >= 0.3 is 5.97 Å². The number of esters is 1. The van der Waals surface area contributed by atoms with E-state index in [1.807, 2.05) is 56.3 Å². The first-order chi connectivity index (χ1) is 16.0. The van der Waals surface area contributed by atoms with Crippen LogP contribution in [0.25, 0.3) is 6.08 Å². The molecular formula is C29H36O5. The number of fused-ring (bicyclic) bond motifs is 2. The van der Waals surface area contributed by atoms with Crippen molar-refractivity contribution < 1.29 is 24.5 Å². The summed E-state index contributed by atoms with van der Waals surface area (Å²) in [5.74, 6) is -1.52. The summed E-state index contributed by atoms with van der Waals surface area (Å²) in [5, 5.41) is 23.1. The summed E-state index contributed by atoms with van der Waals surface area (Å²) < 4.78 is 5.80. The summed E-state index contributed by atoms with van der Waals surface area (Å²) in [7, 11) is 0. The van der Waals surface area contributed by atoms with E-state index in [0.717, 1.165) is 12.0 Å². The van der Waals surface area contributed by atoms with Gasteiger partial charge in [-0.3, -0.25) is 4.79 Å². The molecule has 0 spiro atoms. The maximum atomic E-state index is 13.6. The molecule has 0 aliphatic heterocycles. The Labute approximate surface area is 202 Å². The molecule has 2 saturated carbocycles. The lowest BCUT2D eigenvalue weighted by atomic mass is 9.77. The van der Waals surface area contributed by atoms with Gasteiger partial charge < -0.3 is 14.9 Å². The zero-order chi connectivity index (χ0) is 24.8. The number of rotatable bonds is 3.